The molecule has 2 N–H and O–H groups in total. The summed E-state index contributed by atoms with van der Waals surface area (Å²) in [7, 11) is 0. The number of rotatable bonds is 6. The van der Waals surface area contributed by atoms with Crippen molar-refractivity contribution in [1.29, 1.82) is 0 Å². The van der Waals surface area contributed by atoms with E-state index in [4.69, 9.17) is 10.5 Å². The zero-order chi connectivity index (χ0) is 15.4. The van der Waals surface area contributed by atoms with Crippen molar-refractivity contribution in [2.24, 2.45) is 5.73 Å². The van der Waals surface area contributed by atoms with Crippen LogP contribution in [-0.4, -0.2) is 16.3 Å². The van der Waals surface area contributed by atoms with E-state index in [0.29, 0.717) is 25.3 Å². The summed E-state index contributed by atoms with van der Waals surface area (Å²) >= 11 is 3.52. The van der Waals surface area contributed by atoms with Gasteiger partial charge in [-0.15, -0.1) is 0 Å². The van der Waals surface area contributed by atoms with Crippen LogP contribution in [0, 0.1) is 12.7 Å². The molecular formula is C15H19BrFN3O. The van der Waals surface area contributed by atoms with Crippen molar-refractivity contribution in [2.45, 2.75) is 33.4 Å². The van der Waals surface area contributed by atoms with Crippen molar-refractivity contribution in [1.82, 2.24) is 9.78 Å². The number of hydrogen-bond acceptors (Lipinski definition) is 3. The average Bonchev–Trinajstić information content (AvgIpc) is 2.72. The fourth-order valence-electron chi connectivity index (χ4n) is 2.17. The lowest BCUT2D eigenvalue weighted by atomic mass is 10.1. The first-order valence-corrected chi connectivity index (χ1v) is 7.68. The van der Waals surface area contributed by atoms with Crippen molar-refractivity contribution in [3.05, 3.63) is 45.4 Å². The Labute approximate surface area is 132 Å². The molecular weight excluding hydrogens is 337 g/mol. The highest BCUT2D eigenvalue weighted by atomic mass is 79.9. The van der Waals surface area contributed by atoms with Crippen molar-refractivity contribution in [3.63, 3.8) is 0 Å². The van der Waals surface area contributed by atoms with Gasteiger partial charge in [0.05, 0.1) is 15.9 Å². The summed E-state index contributed by atoms with van der Waals surface area (Å²) in [5, 5.41) is 4.40. The van der Waals surface area contributed by atoms with E-state index in [0.717, 1.165) is 28.0 Å². The van der Waals surface area contributed by atoms with Gasteiger partial charge in [-0.25, -0.2) is 4.39 Å². The predicted molar refractivity (Wildman–Crippen MR) is 83.8 cm³/mol. The van der Waals surface area contributed by atoms with Gasteiger partial charge < -0.3 is 10.5 Å². The summed E-state index contributed by atoms with van der Waals surface area (Å²) in [5.74, 6) is 0.196. The van der Waals surface area contributed by atoms with Gasteiger partial charge in [-0.1, -0.05) is 0 Å². The highest BCUT2D eigenvalue weighted by molar-refractivity contribution is 9.10. The van der Waals surface area contributed by atoms with E-state index in [1.165, 1.54) is 12.1 Å². The zero-order valence-corrected chi connectivity index (χ0v) is 13.8. The standard InChI is InChI=1S/C15H19BrFN3O/c1-3-20-14(15(16)10(2)19-20)9-21-13-7-11(4-5-18)6-12(17)8-13/h6-8H,3-5,9,18H2,1-2H3. The maximum atomic E-state index is 13.6. The summed E-state index contributed by atoms with van der Waals surface area (Å²) in [5.41, 5.74) is 8.20. The van der Waals surface area contributed by atoms with Crippen molar-refractivity contribution >= 4 is 15.9 Å². The molecule has 1 heterocycles. The Hall–Kier alpha value is -1.40. The summed E-state index contributed by atoms with van der Waals surface area (Å²) in [6.45, 7) is 5.52. The van der Waals surface area contributed by atoms with Gasteiger partial charge in [-0.3, -0.25) is 4.68 Å². The van der Waals surface area contributed by atoms with Crippen LogP contribution in [-0.2, 0) is 19.6 Å². The van der Waals surface area contributed by atoms with Crippen LogP contribution in [0.2, 0.25) is 0 Å². The second-order valence-electron chi connectivity index (χ2n) is 4.78. The van der Waals surface area contributed by atoms with Crippen LogP contribution in [0.1, 0.15) is 23.9 Å². The van der Waals surface area contributed by atoms with E-state index in [-0.39, 0.29) is 5.82 Å². The molecule has 0 aliphatic rings. The van der Waals surface area contributed by atoms with E-state index in [9.17, 15) is 4.39 Å². The highest BCUT2D eigenvalue weighted by Crippen LogP contribution is 2.24. The summed E-state index contributed by atoms with van der Waals surface area (Å²) in [4.78, 5) is 0. The number of halogens is 2. The average molecular weight is 356 g/mol. The van der Waals surface area contributed by atoms with Gasteiger partial charge in [-0.2, -0.15) is 5.10 Å². The largest absolute Gasteiger partial charge is 0.487 e. The lowest BCUT2D eigenvalue weighted by molar-refractivity contribution is 0.290. The van der Waals surface area contributed by atoms with Gasteiger partial charge in [0.15, 0.2) is 0 Å². The third kappa shape index (κ3) is 3.83. The molecule has 0 bridgehead atoms. The van der Waals surface area contributed by atoms with Crippen molar-refractivity contribution in [2.75, 3.05) is 6.54 Å². The summed E-state index contributed by atoms with van der Waals surface area (Å²) < 4.78 is 22.1. The molecule has 1 aromatic heterocycles. The van der Waals surface area contributed by atoms with E-state index in [2.05, 4.69) is 21.0 Å². The molecule has 2 rings (SSSR count). The Morgan fingerprint density at radius 3 is 2.81 bits per heavy atom. The third-order valence-electron chi connectivity index (χ3n) is 3.19. The van der Waals surface area contributed by atoms with Crippen LogP contribution in [0.3, 0.4) is 0 Å². The molecule has 0 radical (unpaired) electrons. The van der Waals surface area contributed by atoms with Gasteiger partial charge in [0.25, 0.3) is 0 Å². The van der Waals surface area contributed by atoms with Gasteiger partial charge in [0.1, 0.15) is 18.2 Å². The van der Waals surface area contributed by atoms with Gasteiger partial charge >= 0.3 is 0 Å². The van der Waals surface area contributed by atoms with Gasteiger partial charge in [0, 0.05) is 12.6 Å². The molecule has 6 heteroatoms. The first kappa shape index (κ1) is 16.0. The topological polar surface area (TPSA) is 53.1 Å². The number of benzene rings is 1. The van der Waals surface area contributed by atoms with Crippen LogP contribution >= 0.6 is 15.9 Å². The van der Waals surface area contributed by atoms with Crippen LogP contribution in [0.4, 0.5) is 4.39 Å². The lowest BCUT2D eigenvalue weighted by Crippen LogP contribution is -2.07. The Bertz CT molecular complexity index is 628. The number of ether oxygens (including phenoxy) is 1. The molecule has 0 spiro atoms. The maximum absolute atomic E-state index is 13.6. The molecule has 0 saturated heterocycles. The molecule has 0 aliphatic carbocycles. The second kappa shape index (κ2) is 7.04. The molecule has 0 unspecified atom stereocenters. The second-order valence-corrected chi connectivity index (χ2v) is 5.58. The number of nitrogens with zero attached hydrogens (tertiary/aromatic N) is 2. The van der Waals surface area contributed by atoms with Gasteiger partial charge in [-0.05, 0) is 60.4 Å². The van der Waals surface area contributed by atoms with E-state index < -0.39 is 0 Å². The normalized spacial score (nSPS) is 10.9. The van der Waals surface area contributed by atoms with Crippen LogP contribution in [0.25, 0.3) is 0 Å². The number of nitrogens with two attached hydrogens (primary N) is 1. The van der Waals surface area contributed by atoms with Crippen LogP contribution < -0.4 is 10.5 Å². The Morgan fingerprint density at radius 1 is 1.38 bits per heavy atom. The first-order valence-electron chi connectivity index (χ1n) is 6.89. The number of aryl methyl sites for hydroxylation is 2. The Morgan fingerprint density at radius 2 is 2.14 bits per heavy atom. The molecule has 0 fully saturated rings. The minimum atomic E-state index is -0.310. The Kier molecular flexibility index (Phi) is 5.36. The monoisotopic (exact) mass is 355 g/mol. The molecule has 0 atom stereocenters. The van der Waals surface area contributed by atoms with E-state index >= 15 is 0 Å². The molecule has 114 valence electrons. The molecule has 0 amide bonds. The molecule has 2 aromatic rings. The molecule has 0 aliphatic heterocycles. The van der Waals surface area contributed by atoms with E-state index in [1.54, 1.807) is 0 Å². The van der Waals surface area contributed by atoms with E-state index in [1.807, 2.05) is 24.6 Å². The number of aromatic nitrogens is 2. The molecule has 1 aromatic carbocycles. The smallest absolute Gasteiger partial charge is 0.131 e. The summed E-state index contributed by atoms with van der Waals surface area (Å²) in [6, 6.07) is 4.69. The highest BCUT2D eigenvalue weighted by Gasteiger charge is 2.13. The van der Waals surface area contributed by atoms with Crippen molar-refractivity contribution < 1.29 is 9.13 Å². The molecule has 4 nitrogen and oxygen atoms in total. The first-order chi connectivity index (χ1) is 10.0. The van der Waals surface area contributed by atoms with Gasteiger partial charge in [0.2, 0.25) is 0 Å². The van der Waals surface area contributed by atoms with Crippen LogP contribution in [0.15, 0.2) is 22.7 Å². The number of hydrogen-bond donors (Lipinski definition) is 1. The Balaban J connectivity index is 2.16. The fraction of sp³-hybridized carbons (Fsp3) is 0.400. The fourth-order valence-corrected chi connectivity index (χ4v) is 2.57. The zero-order valence-electron chi connectivity index (χ0n) is 12.2. The lowest BCUT2D eigenvalue weighted by Gasteiger charge is -2.10. The SMILES string of the molecule is CCn1nc(C)c(Br)c1COc1cc(F)cc(CCN)c1. The quantitative estimate of drug-likeness (QED) is 0.865. The minimum absolute atomic E-state index is 0.310. The summed E-state index contributed by atoms with van der Waals surface area (Å²) in [6.07, 6.45) is 0.629. The maximum Gasteiger partial charge on any atom is 0.131 e. The predicted octanol–water partition coefficient (Wildman–Crippen LogP) is 3.19. The molecule has 0 saturated carbocycles. The molecule has 21 heavy (non-hydrogen) atoms. The van der Waals surface area contributed by atoms with Crippen molar-refractivity contribution in [3.8, 4) is 5.75 Å². The third-order valence-corrected chi connectivity index (χ3v) is 4.22. The minimum Gasteiger partial charge on any atom is -0.487 e. The van der Waals surface area contributed by atoms with Crippen LogP contribution in [0.5, 0.6) is 5.75 Å².